The first-order valence-corrected chi connectivity index (χ1v) is 5.74. The third-order valence-corrected chi connectivity index (χ3v) is 3.81. The Labute approximate surface area is 104 Å². The Kier molecular flexibility index (Phi) is 2.68. The number of rotatable bonds is 2. The number of hydrogen-bond acceptors (Lipinski definition) is 4. The second-order valence-electron chi connectivity index (χ2n) is 3.14. The average molecular weight is 340 g/mol. The van der Waals surface area contributed by atoms with Crippen LogP contribution in [-0.4, -0.2) is 32.2 Å². The lowest BCUT2D eigenvalue weighted by atomic mass is 9.97. The second kappa shape index (κ2) is 3.61. The molecular formula is C9H8Br2O4. The van der Waals surface area contributed by atoms with Crippen molar-refractivity contribution in [3.63, 3.8) is 0 Å². The van der Waals surface area contributed by atoms with Crippen LogP contribution in [0, 0.1) is 0 Å². The highest BCUT2D eigenvalue weighted by Crippen LogP contribution is 2.48. The van der Waals surface area contributed by atoms with Gasteiger partial charge in [0.15, 0.2) is 11.5 Å². The van der Waals surface area contributed by atoms with Crippen molar-refractivity contribution in [3.05, 3.63) is 20.5 Å². The van der Waals surface area contributed by atoms with Crippen molar-refractivity contribution in [2.45, 2.75) is 5.60 Å². The molecule has 1 aliphatic heterocycles. The lowest BCUT2D eigenvalue weighted by molar-refractivity contribution is -0.120. The van der Waals surface area contributed by atoms with E-state index in [0.29, 0.717) is 27.1 Å². The summed E-state index contributed by atoms with van der Waals surface area (Å²) in [5, 5.41) is 0. The Bertz CT molecular complexity index is 393. The molecule has 0 aromatic rings. The molecule has 6 heteroatoms. The van der Waals surface area contributed by atoms with E-state index in [-0.39, 0.29) is 5.78 Å². The van der Waals surface area contributed by atoms with E-state index >= 15 is 0 Å². The molecule has 0 saturated carbocycles. The quantitative estimate of drug-likeness (QED) is 0.720. The van der Waals surface area contributed by atoms with Crippen LogP contribution < -0.4 is 0 Å². The van der Waals surface area contributed by atoms with E-state index in [1.807, 2.05) is 0 Å². The topological polar surface area (TPSA) is 48.1 Å². The summed E-state index contributed by atoms with van der Waals surface area (Å²) in [7, 11) is 2.99. The van der Waals surface area contributed by atoms with Gasteiger partial charge < -0.3 is 14.2 Å². The molecule has 0 aromatic heterocycles. The maximum Gasteiger partial charge on any atom is 0.215 e. The van der Waals surface area contributed by atoms with Gasteiger partial charge in [-0.25, -0.2) is 0 Å². The molecule has 1 heterocycles. The number of allylic oxidation sites excluding steroid dienone is 1. The van der Waals surface area contributed by atoms with E-state index in [9.17, 15) is 4.79 Å². The maximum atomic E-state index is 11.9. The van der Waals surface area contributed by atoms with E-state index < -0.39 is 5.60 Å². The average Bonchev–Trinajstić information content (AvgIpc) is 2.98. The highest BCUT2D eigenvalue weighted by atomic mass is 79.9. The van der Waals surface area contributed by atoms with Gasteiger partial charge in [0.05, 0.1) is 20.8 Å². The number of methoxy groups -OCH3 is 2. The minimum atomic E-state index is -0.936. The Hall–Kier alpha value is -0.330. The zero-order chi connectivity index (χ0) is 11.2. The normalized spacial score (nSPS) is 30.0. The molecule has 2 aliphatic rings. The third-order valence-electron chi connectivity index (χ3n) is 2.37. The highest BCUT2D eigenvalue weighted by molar-refractivity contribution is 9.12. The lowest BCUT2D eigenvalue weighted by Gasteiger charge is -2.22. The van der Waals surface area contributed by atoms with Gasteiger partial charge in [-0.2, -0.15) is 0 Å². The first-order valence-electron chi connectivity index (χ1n) is 4.15. The van der Waals surface area contributed by atoms with Crippen molar-refractivity contribution in [3.8, 4) is 0 Å². The molecule has 1 spiro atoms. The Morgan fingerprint density at radius 1 is 1.27 bits per heavy atom. The van der Waals surface area contributed by atoms with Gasteiger partial charge in [0, 0.05) is 0 Å². The highest BCUT2D eigenvalue weighted by Gasteiger charge is 2.61. The van der Waals surface area contributed by atoms with Gasteiger partial charge in [0.1, 0.15) is 8.96 Å². The van der Waals surface area contributed by atoms with Gasteiger partial charge >= 0.3 is 0 Å². The fourth-order valence-electron chi connectivity index (χ4n) is 1.53. The molecule has 0 radical (unpaired) electrons. The van der Waals surface area contributed by atoms with Crippen molar-refractivity contribution in [1.29, 1.82) is 0 Å². The number of Topliss-reactive ketones (excluding diaryl/α,β-unsaturated/α-hetero) is 1. The van der Waals surface area contributed by atoms with Crippen molar-refractivity contribution in [1.82, 2.24) is 0 Å². The SMILES string of the molecule is COC1=C(Br)C(=O)[C@@]2(CO2)C(OC)=C1Br. The van der Waals surface area contributed by atoms with Gasteiger partial charge in [-0.1, -0.05) is 0 Å². The van der Waals surface area contributed by atoms with Crippen LogP contribution in [0.3, 0.4) is 0 Å². The van der Waals surface area contributed by atoms with E-state index in [4.69, 9.17) is 14.2 Å². The van der Waals surface area contributed by atoms with Gasteiger partial charge in [0.2, 0.25) is 11.4 Å². The summed E-state index contributed by atoms with van der Waals surface area (Å²) in [4.78, 5) is 11.9. The summed E-state index contributed by atoms with van der Waals surface area (Å²) in [6.07, 6.45) is 0. The number of epoxide rings is 1. The van der Waals surface area contributed by atoms with E-state index in [0.717, 1.165) is 0 Å². The Morgan fingerprint density at radius 2 is 1.87 bits per heavy atom. The summed E-state index contributed by atoms with van der Waals surface area (Å²) in [5.74, 6) is 0.727. The molecule has 0 N–H and O–H groups in total. The zero-order valence-electron chi connectivity index (χ0n) is 8.10. The fraction of sp³-hybridized carbons (Fsp3) is 0.444. The fourth-order valence-corrected chi connectivity index (χ4v) is 3.32. The first kappa shape index (κ1) is 11.2. The van der Waals surface area contributed by atoms with E-state index in [1.54, 1.807) is 0 Å². The molecule has 15 heavy (non-hydrogen) atoms. The Morgan fingerprint density at radius 3 is 2.27 bits per heavy atom. The third kappa shape index (κ3) is 1.38. The smallest absolute Gasteiger partial charge is 0.215 e. The molecule has 4 nitrogen and oxygen atoms in total. The second-order valence-corrected chi connectivity index (χ2v) is 4.73. The number of halogens is 2. The van der Waals surface area contributed by atoms with Crippen molar-refractivity contribution >= 4 is 37.6 Å². The predicted octanol–water partition coefficient (Wildman–Crippen LogP) is 1.84. The van der Waals surface area contributed by atoms with Crippen LogP contribution in [0.15, 0.2) is 20.5 Å². The molecule has 0 amide bonds. The number of carbonyl (C=O) groups excluding carboxylic acids is 1. The van der Waals surface area contributed by atoms with Crippen LogP contribution in [0.1, 0.15) is 0 Å². The number of carbonyl (C=O) groups is 1. The predicted molar refractivity (Wildman–Crippen MR) is 59.6 cm³/mol. The van der Waals surface area contributed by atoms with Gasteiger partial charge in [-0.15, -0.1) is 0 Å². The minimum Gasteiger partial charge on any atom is -0.496 e. The van der Waals surface area contributed by atoms with Crippen LogP contribution in [0.5, 0.6) is 0 Å². The molecule has 0 bridgehead atoms. The van der Waals surface area contributed by atoms with Crippen molar-refractivity contribution in [2.75, 3.05) is 20.8 Å². The van der Waals surface area contributed by atoms with Crippen molar-refractivity contribution in [2.24, 2.45) is 0 Å². The van der Waals surface area contributed by atoms with E-state index in [2.05, 4.69) is 31.9 Å². The van der Waals surface area contributed by atoms with Crippen LogP contribution in [0.2, 0.25) is 0 Å². The van der Waals surface area contributed by atoms with Crippen LogP contribution in [0.25, 0.3) is 0 Å². The van der Waals surface area contributed by atoms with Gasteiger partial charge in [-0.05, 0) is 31.9 Å². The number of ether oxygens (including phenoxy) is 3. The summed E-state index contributed by atoms with van der Waals surface area (Å²) < 4.78 is 16.5. The molecule has 1 saturated heterocycles. The lowest BCUT2D eigenvalue weighted by Crippen LogP contribution is -2.33. The monoisotopic (exact) mass is 338 g/mol. The molecule has 1 atom stereocenters. The molecule has 0 unspecified atom stereocenters. The van der Waals surface area contributed by atoms with Gasteiger partial charge in [0.25, 0.3) is 0 Å². The van der Waals surface area contributed by atoms with Crippen LogP contribution in [-0.2, 0) is 19.0 Å². The minimum absolute atomic E-state index is 0.167. The maximum absolute atomic E-state index is 11.9. The molecular weight excluding hydrogens is 332 g/mol. The van der Waals surface area contributed by atoms with Gasteiger partial charge in [-0.3, -0.25) is 4.79 Å². The molecule has 0 aromatic carbocycles. The zero-order valence-corrected chi connectivity index (χ0v) is 11.3. The molecule has 82 valence electrons. The standard InChI is InChI=1S/C9H8Br2O4/c1-13-6-4(10)7(12)9(3-15-9)8(14-2)5(6)11/h3H2,1-2H3/t9-/m0/s1. The first-order chi connectivity index (χ1) is 7.08. The summed E-state index contributed by atoms with van der Waals surface area (Å²) in [6, 6.07) is 0. The summed E-state index contributed by atoms with van der Waals surface area (Å²) in [5.41, 5.74) is -0.936. The largest absolute Gasteiger partial charge is 0.496 e. The Balaban J connectivity index is 2.57. The van der Waals surface area contributed by atoms with Crippen LogP contribution >= 0.6 is 31.9 Å². The number of hydrogen-bond donors (Lipinski definition) is 0. The molecule has 2 rings (SSSR count). The summed E-state index contributed by atoms with van der Waals surface area (Å²) in [6.45, 7) is 0.343. The van der Waals surface area contributed by atoms with E-state index in [1.165, 1.54) is 14.2 Å². The van der Waals surface area contributed by atoms with Crippen molar-refractivity contribution < 1.29 is 19.0 Å². The molecule has 1 aliphatic carbocycles. The molecule has 1 fully saturated rings. The summed E-state index contributed by atoms with van der Waals surface area (Å²) >= 11 is 6.53. The van der Waals surface area contributed by atoms with Crippen LogP contribution in [0.4, 0.5) is 0 Å². The number of ketones is 1.